The number of furan rings is 1. The molecule has 0 saturated carbocycles. The molecule has 0 radical (unpaired) electrons. The molecule has 94 valence electrons. The van der Waals surface area contributed by atoms with Crippen molar-refractivity contribution in [2.24, 2.45) is 0 Å². The first kappa shape index (κ1) is 12.0. The Morgan fingerprint density at radius 2 is 2.53 bits per heavy atom. The summed E-state index contributed by atoms with van der Waals surface area (Å²) in [6.07, 6.45) is 2.70. The predicted octanol–water partition coefficient (Wildman–Crippen LogP) is 1.60. The zero-order valence-corrected chi connectivity index (χ0v) is 10.0. The summed E-state index contributed by atoms with van der Waals surface area (Å²) in [6.45, 7) is 4.43. The second kappa shape index (κ2) is 5.72. The van der Waals surface area contributed by atoms with Crippen LogP contribution in [-0.2, 0) is 11.3 Å². The zero-order chi connectivity index (χ0) is 12.1. The van der Waals surface area contributed by atoms with Crippen LogP contribution in [0.25, 0.3) is 0 Å². The fourth-order valence-corrected chi connectivity index (χ4v) is 1.84. The molecular weight excluding hydrogens is 220 g/mol. The smallest absolute Gasteiger partial charge is 0.317 e. The van der Waals surface area contributed by atoms with E-state index in [0.717, 1.165) is 12.2 Å². The molecule has 5 heteroatoms. The quantitative estimate of drug-likeness (QED) is 0.870. The zero-order valence-electron chi connectivity index (χ0n) is 10.0. The highest BCUT2D eigenvalue weighted by molar-refractivity contribution is 5.74. The predicted molar refractivity (Wildman–Crippen MR) is 62.5 cm³/mol. The topological polar surface area (TPSA) is 54.7 Å². The van der Waals surface area contributed by atoms with Gasteiger partial charge in [0.1, 0.15) is 5.76 Å². The molecule has 2 heterocycles. The van der Waals surface area contributed by atoms with Crippen LogP contribution in [0.5, 0.6) is 0 Å². The van der Waals surface area contributed by atoms with Crippen molar-refractivity contribution in [2.75, 3.05) is 19.7 Å². The highest BCUT2D eigenvalue weighted by Crippen LogP contribution is 2.08. The number of nitrogens with one attached hydrogen (secondary N) is 1. The molecule has 17 heavy (non-hydrogen) atoms. The highest BCUT2D eigenvalue weighted by atomic mass is 16.5. The summed E-state index contributed by atoms with van der Waals surface area (Å²) < 4.78 is 10.7. The van der Waals surface area contributed by atoms with Gasteiger partial charge in [0.15, 0.2) is 0 Å². The van der Waals surface area contributed by atoms with Crippen molar-refractivity contribution in [1.82, 2.24) is 10.2 Å². The maximum absolute atomic E-state index is 11.9. The lowest BCUT2D eigenvalue weighted by Gasteiger charge is -2.32. The van der Waals surface area contributed by atoms with E-state index in [-0.39, 0.29) is 12.1 Å². The van der Waals surface area contributed by atoms with Crippen LogP contribution >= 0.6 is 0 Å². The van der Waals surface area contributed by atoms with E-state index in [1.54, 1.807) is 11.2 Å². The number of carbonyl (C=O) groups is 1. The lowest BCUT2D eigenvalue weighted by atomic mass is 10.2. The van der Waals surface area contributed by atoms with E-state index in [9.17, 15) is 4.79 Å². The minimum Gasteiger partial charge on any atom is -0.467 e. The number of hydrogen-bond donors (Lipinski definition) is 1. The third-order valence-electron chi connectivity index (χ3n) is 2.88. The largest absolute Gasteiger partial charge is 0.467 e. The van der Waals surface area contributed by atoms with E-state index in [4.69, 9.17) is 9.15 Å². The van der Waals surface area contributed by atoms with Crippen LogP contribution in [0, 0.1) is 0 Å². The number of nitrogens with zero attached hydrogens (tertiary/aromatic N) is 1. The molecule has 1 aromatic rings. The lowest BCUT2D eigenvalue weighted by Crippen LogP contribution is -2.49. The molecule has 0 bridgehead atoms. The van der Waals surface area contributed by atoms with Gasteiger partial charge in [-0.2, -0.15) is 0 Å². The summed E-state index contributed by atoms with van der Waals surface area (Å²) in [7, 11) is 0. The molecule has 1 aliphatic heterocycles. The van der Waals surface area contributed by atoms with Gasteiger partial charge in [0.2, 0.25) is 0 Å². The Morgan fingerprint density at radius 3 is 3.24 bits per heavy atom. The molecule has 1 unspecified atom stereocenters. The number of carbonyl (C=O) groups excluding carboxylic acids is 1. The summed E-state index contributed by atoms with van der Waals surface area (Å²) in [5.41, 5.74) is 0. The molecule has 2 rings (SSSR count). The molecule has 1 aliphatic rings. The molecule has 1 N–H and O–H groups in total. The molecule has 1 fully saturated rings. The van der Waals surface area contributed by atoms with E-state index < -0.39 is 0 Å². The van der Waals surface area contributed by atoms with Crippen LogP contribution in [0.1, 0.15) is 19.1 Å². The Kier molecular flexibility index (Phi) is 4.03. The Hall–Kier alpha value is -1.49. The summed E-state index contributed by atoms with van der Waals surface area (Å²) in [5, 5.41) is 2.84. The summed E-state index contributed by atoms with van der Waals surface area (Å²) in [6, 6.07) is 3.60. The maximum atomic E-state index is 11.9. The van der Waals surface area contributed by atoms with Crippen molar-refractivity contribution in [3.05, 3.63) is 24.2 Å². The van der Waals surface area contributed by atoms with Gasteiger partial charge in [-0.05, 0) is 18.6 Å². The summed E-state index contributed by atoms with van der Waals surface area (Å²) in [5.74, 6) is 0.763. The molecule has 0 aliphatic carbocycles. The Labute approximate surface area is 101 Å². The first-order chi connectivity index (χ1) is 8.29. The van der Waals surface area contributed by atoms with E-state index in [1.807, 2.05) is 12.1 Å². The molecular formula is C12H18N2O3. The first-order valence-corrected chi connectivity index (χ1v) is 5.96. The van der Waals surface area contributed by atoms with Gasteiger partial charge in [-0.3, -0.25) is 0 Å². The summed E-state index contributed by atoms with van der Waals surface area (Å²) >= 11 is 0. The minimum absolute atomic E-state index is 0.0526. The molecule has 1 atom stereocenters. The van der Waals surface area contributed by atoms with Crippen molar-refractivity contribution < 1.29 is 13.9 Å². The monoisotopic (exact) mass is 238 g/mol. The molecule has 1 aromatic heterocycles. The molecule has 2 amide bonds. The maximum Gasteiger partial charge on any atom is 0.317 e. The number of hydrogen-bond acceptors (Lipinski definition) is 3. The van der Waals surface area contributed by atoms with E-state index in [0.29, 0.717) is 26.2 Å². The second-order valence-corrected chi connectivity index (χ2v) is 4.09. The number of morpholine rings is 1. The lowest BCUT2D eigenvalue weighted by molar-refractivity contribution is -0.0154. The van der Waals surface area contributed by atoms with Crippen molar-refractivity contribution >= 4 is 6.03 Å². The van der Waals surface area contributed by atoms with Crippen molar-refractivity contribution in [1.29, 1.82) is 0 Å². The SMILES string of the molecule is CCC1CN(C(=O)NCc2ccco2)CCO1. The fourth-order valence-electron chi connectivity index (χ4n) is 1.84. The van der Waals surface area contributed by atoms with E-state index in [1.165, 1.54) is 0 Å². The third-order valence-corrected chi connectivity index (χ3v) is 2.88. The van der Waals surface area contributed by atoms with Crippen molar-refractivity contribution in [3.63, 3.8) is 0 Å². The number of urea groups is 1. The van der Waals surface area contributed by atoms with Gasteiger partial charge in [0.25, 0.3) is 0 Å². The molecule has 0 aromatic carbocycles. The first-order valence-electron chi connectivity index (χ1n) is 5.96. The minimum atomic E-state index is -0.0526. The second-order valence-electron chi connectivity index (χ2n) is 4.09. The van der Waals surface area contributed by atoms with Gasteiger partial charge < -0.3 is 19.4 Å². The van der Waals surface area contributed by atoms with Crippen LogP contribution in [0.4, 0.5) is 4.79 Å². The van der Waals surface area contributed by atoms with Crippen molar-refractivity contribution in [3.8, 4) is 0 Å². The Morgan fingerprint density at radius 1 is 1.65 bits per heavy atom. The van der Waals surface area contributed by atoms with E-state index >= 15 is 0 Å². The van der Waals surface area contributed by atoms with Crippen LogP contribution in [-0.4, -0.2) is 36.7 Å². The average molecular weight is 238 g/mol. The number of rotatable bonds is 3. The van der Waals surface area contributed by atoms with Gasteiger partial charge in [-0.15, -0.1) is 0 Å². The fraction of sp³-hybridized carbons (Fsp3) is 0.583. The van der Waals surface area contributed by atoms with Gasteiger partial charge in [0, 0.05) is 13.1 Å². The van der Waals surface area contributed by atoms with Crippen molar-refractivity contribution in [2.45, 2.75) is 26.0 Å². The normalized spacial score (nSPS) is 20.3. The van der Waals surface area contributed by atoms with Gasteiger partial charge in [-0.1, -0.05) is 6.92 Å². The highest BCUT2D eigenvalue weighted by Gasteiger charge is 2.22. The molecule has 0 spiro atoms. The number of amides is 2. The van der Waals surface area contributed by atoms with E-state index in [2.05, 4.69) is 12.2 Å². The van der Waals surface area contributed by atoms with Crippen LogP contribution in [0.15, 0.2) is 22.8 Å². The third kappa shape index (κ3) is 3.23. The van der Waals surface area contributed by atoms with Crippen LogP contribution in [0.2, 0.25) is 0 Å². The Balaban J connectivity index is 1.79. The van der Waals surface area contributed by atoms with Gasteiger partial charge in [0.05, 0.1) is 25.5 Å². The average Bonchev–Trinajstić information content (AvgIpc) is 2.89. The van der Waals surface area contributed by atoms with Crippen LogP contribution < -0.4 is 5.32 Å². The van der Waals surface area contributed by atoms with Gasteiger partial charge >= 0.3 is 6.03 Å². The number of ether oxygens (including phenoxy) is 1. The van der Waals surface area contributed by atoms with Gasteiger partial charge in [-0.25, -0.2) is 4.79 Å². The molecule has 1 saturated heterocycles. The molecule has 5 nitrogen and oxygen atoms in total. The van der Waals surface area contributed by atoms with Crippen LogP contribution in [0.3, 0.4) is 0 Å². The summed E-state index contributed by atoms with van der Waals surface area (Å²) in [4.78, 5) is 13.7. The Bertz CT molecular complexity index is 351. The standard InChI is InChI=1S/C12H18N2O3/c1-2-10-9-14(5-7-17-10)12(15)13-8-11-4-3-6-16-11/h3-4,6,10H,2,5,7-9H2,1H3,(H,13,15).